The van der Waals surface area contributed by atoms with Gasteiger partial charge in [0.25, 0.3) is 5.91 Å². The number of hydrogen-bond donors (Lipinski definition) is 3. The van der Waals surface area contributed by atoms with Gasteiger partial charge in [0.1, 0.15) is 5.76 Å². The number of carbonyl (C=O) groups excluding carboxylic acids is 1. The standard InChI is InChI=1S/C17H20N2O6S/c1-17(2,3)19-26(23,24)13-7-4-11(5-8-13)15(20)18-10-12-6-9-14(25-12)16(21)22/h4-9,19H,10H2,1-3H3,(H,18,20)(H,21,22). The van der Waals surface area contributed by atoms with E-state index in [1.807, 2.05) is 0 Å². The normalized spacial score (nSPS) is 12.0. The van der Waals surface area contributed by atoms with E-state index in [-0.39, 0.29) is 22.8 Å². The number of aromatic carboxylic acids is 1. The molecule has 0 radical (unpaired) electrons. The van der Waals surface area contributed by atoms with Crippen LogP contribution < -0.4 is 10.0 Å². The van der Waals surface area contributed by atoms with Gasteiger partial charge in [-0.05, 0) is 57.2 Å². The molecule has 0 saturated carbocycles. The van der Waals surface area contributed by atoms with Crippen molar-refractivity contribution in [1.82, 2.24) is 10.0 Å². The molecular weight excluding hydrogens is 360 g/mol. The van der Waals surface area contributed by atoms with Crippen molar-refractivity contribution in [3.05, 3.63) is 53.5 Å². The molecule has 1 amide bonds. The molecule has 1 aromatic heterocycles. The Hall–Kier alpha value is -2.65. The fourth-order valence-corrected chi connectivity index (χ4v) is 3.52. The molecule has 0 atom stereocenters. The highest BCUT2D eigenvalue weighted by molar-refractivity contribution is 7.89. The van der Waals surface area contributed by atoms with Crippen LogP contribution in [0.2, 0.25) is 0 Å². The Morgan fingerprint density at radius 3 is 2.19 bits per heavy atom. The molecule has 2 aromatic rings. The lowest BCUT2D eigenvalue weighted by Crippen LogP contribution is -2.40. The Kier molecular flexibility index (Phi) is 5.53. The van der Waals surface area contributed by atoms with E-state index in [1.54, 1.807) is 20.8 Å². The molecule has 0 unspecified atom stereocenters. The van der Waals surface area contributed by atoms with Crippen LogP contribution >= 0.6 is 0 Å². The number of amides is 1. The zero-order chi connectivity index (χ0) is 19.5. The van der Waals surface area contributed by atoms with Crippen LogP contribution in [0, 0.1) is 0 Å². The summed E-state index contributed by atoms with van der Waals surface area (Å²) in [6, 6.07) is 8.24. The summed E-state index contributed by atoms with van der Waals surface area (Å²) in [5.41, 5.74) is -0.350. The van der Waals surface area contributed by atoms with Crippen LogP contribution in [0.25, 0.3) is 0 Å². The molecule has 0 spiro atoms. The van der Waals surface area contributed by atoms with Gasteiger partial charge in [0.15, 0.2) is 0 Å². The average molecular weight is 380 g/mol. The topological polar surface area (TPSA) is 126 Å². The third kappa shape index (κ3) is 5.17. The van der Waals surface area contributed by atoms with E-state index in [0.29, 0.717) is 5.76 Å². The first-order valence-corrected chi connectivity index (χ1v) is 9.20. The van der Waals surface area contributed by atoms with Gasteiger partial charge in [0, 0.05) is 11.1 Å². The largest absolute Gasteiger partial charge is 0.475 e. The smallest absolute Gasteiger partial charge is 0.371 e. The summed E-state index contributed by atoms with van der Waals surface area (Å²) in [6.07, 6.45) is 0. The number of benzene rings is 1. The van der Waals surface area contributed by atoms with Gasteiger partial charge in [-0.25, -0.2) is 17.9 Å². The number of nitrogens with one attached hydrogen (secondary N) is 2. The van der Waals surface area contributed by atoms with Crippen LogP contribution in [0.5, 0.6) is 0 Å². The third-order valence-corrected chi connectivity index (χ3v) is 4.94. The van der Waals surface area contributed by atoms with E-state index in [9.17, 15) is 18.0 Å². The lowest BCUT2D eigenvalue weighted by molar-refractivity contribution is 0.0660. The second kappa shape index (κ2) is 7.30. The molecule has 140 valence electrons. The fourth-order valence-electron chi connectivity index (χ4n) is 2.10. The highest BCUT2D eigenvalue weighted by Gasteiger charge is 2.22. The number of rotatable bonds is 6. The van der Waals surface area contributed by atoms with Crippen LogP contribution in [0.1, 0.15) is 47.4 Å². The molecule has 0 fully saturated rings. The molecule has 1 aromatic carbocycles. The number of hydrogen-bond acceptors (Lipinski definition) is 5. The minimum atomic E-state index is -3.67. The SMILES string of the molecule is CC(C)(C)NS(=O)(=O)c1ccc(C(=O)NCc2ccc(C(=O)O)o2)cc1. The molecule has 2 rings (SSSR count). The lowest BCUT2D eigenvalue weighted by Gasteiger charge is -2.20. The van der Waals surface area contributed by atoms with Gasteiger partial charge >= 0.3 is 5.97 Å². The fraction of sp³-hybridized carbons (Fsp3) is 0.294. The summed E-state index contributed by atoms with van der Waals surface area (Å²) >= 11 is 0. The van der Waals surface area contributed by atoms with E-state index in [1.165, 1.54) is 36.4 Å². The van der Waals surface area contributed by atoms with E-state index in [4.69, 9.17) is 9.52 Å². The maximum Gasteiger partial charge on any atom is 0.371 e. The number of carboxylic acid groups (broad SMARTS) is 1. The summed E-state index contributed by atoms with van der Waals surface area (Å²) < 4.78 is 32.0. The number of carbonyl (C=O) groups is 2. The Labute approximate surface area is 151 Å². The van der Waals surface area contributed by atoms with Gasteiger partial charge in [-0.15, -0.1) is 0 Å². The van der Waals surface area contributed by atoms with Crippen molar-refractivity contribution < 1.29 is 27.5 Å². The van der Waals surface area contributed by atoms with Crippen molar-refractivity contribution in [3.8, 4) is 0 Å². The minimum absolute atomic E-state index is 0.0116. The summed E-state index contributed by atoms with van der Waals surface area (Å²) in [7, 11) is -3.67. The number of furan rings is 1. The van der Waals surface area contributed by atoms with Crippen LogP contribution in [0.4, 0.5) is 0 Å². The van der Waals surface area contributed by atoms with Crippen LogP contribution in [-0.4, -0.2) is 30.9 Å². The number of carboxylic acids is 1. The average Bonchev–Trinajstić information content (AvgIpc) is 3.00. The minimum Gasteiger partial charge on any atom is -0.475 e. The zero-order valence-corrected chi connectivity index (χ0v) is 15.4. The molecule has 0 bridgehead atoms. The van der Waals surface area contributed by atoms with Gasteiger partial charge in [-0.3, -0.25) is 4.79 Å². The second-order valence-electron chi connectivity index (χ2n) is 6.63. The van der Waals surface area contributed by atoms with Crippen molar-refractivity contribution in [2.45, 2.75) is 37.8 Å². The molecule has 0 aliphatic heterocycles. The van der Waals surface area contributed by atoms with Crippen molar-refractivity contribution in [3.63, 3.8) is 0 Å². The van der Waals surface area contributed by atoms with Crippen LogP contribution in [0.3, 0.4) is 0 Å². The Balaban J connectivity index is 2.03. The highest BCUT2D eigenvalue weighted by Crippen LogP contribution is 2.14. The first kappa shape index (κ1) is 19.7. The van der Waals surface area contributed by atoms with Crippen LogP contribution in [-0.2, 0) is 16.6 Å². The van der Waals surface area contributed by atoms with E-state index < -0.39 is 27.4 Å². The molecule has 1 heterocycles. The van der Waals surface area contributed by atoms with Gasteiger partial charge in [0.2, 0.25) is 15.8 Å². The monoisotopic (exact) mass is 380 g/mol. The van der Waals surface area contributed by atoms with Crippen LogP contribution in [0.15, 0.2) is 45.7 Å². The number of sulfonamides is 1. The summed E-state index contributed by atoms with van der Waals surface area (Å²) in [5.74, 6) is -1.55. The zero-order valence-electron chi connectivity index (χ0n) is 14.6. The quantitative estimate of drug-likeness (QED) is 0.703. The Morgan fingerprint density at radius 1 is 1.08 bits per heavy atom. The lowest BCUT2D eigenvalue weighted by atomic mass is 10.1. The summed E-state index contributed by atoms with van der Waals surface area (Å²) in [4.78, 5) is 22.9. The molecular formula is C17H20N2O6S. The molecule has 26 heavy (non-hydrogen) atoms. The Morgan fingerprint density at radius 2 is 1.69 bits per heavy atom. The first-order chi connectivity index (χ1) is 12.0. The molecule has 3 N–H and O–H groups in total. The van der Waals surface area contributed by atoms with E-state index >= 15 is 0 Å². The van der Waals surface area contributed by atoms with E-state index in [2.05, 4.69) is 10.0 Å². The molecule has 0 aliphatic carbocycles. The van der Waals surface area contributed by atoms with Gasteiger partial charge in [-0.2, -0.15) is 0 Å². The predicted molar refractivity (Wildman–Crippen MR) is 93.4 cm³/mol. The second-order valence-corrected chi connectivity index (χ2v) is 8.32. The van der Waals surface area contributed by atoms with E-state index in [0.717, 1.165) is 0 Å². The highest BCUT2D eigenvalue weighted by atomic mass is 32.2. The summed E-state index contributed by atoms with van der Waals surface area (Å²) in [6.45, 7) is 5.21. The van der Waals surface area contributed by atoms with Crippen molar-refractivity contribution >= 4 is 21.9 Å². The molecule has 0 aliphatic rings. The summed E-state index contributed by atoms with van der Waals surface area (Å²) in [5, 5.41) is 11.4. The maximum absolute atomic E-state index is 12.2. The Bertz CT molecular complexity index is 907. The third-order valence-electron chi connectivity index (χ3n) is 3.16. The maximum atomic E-state index is 12.2. The predicted octanol–water partition coefficient (Wildman–Crippen LogP) is 1.98. The molecule has 8 nitrogen and oxygen atoms in total. The van der Waals surface area contributed by atoms with Gasteiger partial charge in [-0.1, -0.05) is 0 Å². The molecule has 9 heteroatoms. The van der Waals surface area contributed by atoms with Gasteiger partial charge < -0.3 is 14.8 Å². The molecule has 0 saturated heterocycles. The van der Waals surface area contributed by atoms with Crippen molar-refractivity contribution in [2.75, 3.05) is 0 Å². The van der Waals surface area contributed by atoms with Crippen molar-refractivity contribution in [1.29, 1.82) is 0 Å². The first-order valence-electron chi connectivity index (χ1n) is 7.72. The van der Waals surface area contributed by atoms with Crippen molar-refractivity contribution in [2.24, 2.45) is 0 Å². The van der Waals surface area contributed by atoms with Gasteiger partial charge in [0.05, 0.1) is 11.4 Å².